The van der Waals surface area contributed by atoms with Crippen molar-refractivity contribution in [3.8, 4) is 17.1 Å². The monoisotopic (exact) mass is 425 g/mol. The average molecular weight is 426 g/mol. The van der Waals surface area contributed by atoms with Crippen LogP contribution in [0.25, 0.3) is 11.3 Å². The second-order valence-corrected chi connectivity index (χ2v) is 8.59. The molecule has 1 atom stereocenters. The quantitative estimate of drug-likeness (QED) is 0.260. The van der Waals surface area contributed by atoms with E-state index in [2.05, 4.69) is 41.3 Å². The van der Waals surface area contributed by atoms with E-state index in [1.54, 1.807) is 13.3 Å². The molecule has 4 heteroatoms. The number of rotatable bonds is 17. The molecule has 0 saturated carbocycles. The first-order valence-corrected chi connectivity index (χ1v) is 12.5. The SMILES string of the molecule is CCCCCCCCC(CCCCCCC)Nc1ccnc(-c2cccnc2OC)c1. The standard InChI is InChI=1S/C27H43N3O/c1-4-6-8-10-12-14-17-23(16-13-11-9-7-5-2)30-24-19-21-28-26(22-24)25-18-15-20-29-27(25)31-3/h15,18-23H,4-14,16-17H2,1-3H3,(H,28,30). The Labute approximate surface area is 190 Å². The number of hydrogen-bond acceptors (Lipinski definition) is 4. The summed E-state index contributed by atoms with van der Waals surface area (Å²) >= 11 is 0. The lowest BCUT2D eigenvalue weighted by Gasteiger charge is -2.20. The first-order chi connectivity index (χ1) is 15.3. The summed E-state index contributed by atoms with van der Waals surface area (Å²) < 4.78 is 5.43. The van der Waals surface area contributed by atoms with Gasteiger partial charge in [0.2, 0.25) is 5.88 Å². The lowest BCUT2D eigenvalue weighted by atomic mass is 10.00. The Morgan fingerprint density at radius 2 is 1.45 bits per heavy atom. The maximum Gasteiger partial charge on any atom is 0.222 e. The number of ether oxygens (including phenoxy) is 1. The zero-order valence-corrected chi connectivity index (χ0v) is 20.0. The average Bonchev–Trinajstić information content (AvgIpc) is 2.81. The first-order valence-electron chi connectivity index (χ1n) is 12.5. The van der Waals surface area contributed by atoms with Crippen LogP contribution in [0.5, 0.6) is 5.88 Å². The molecule has 2 rings (SSSR count). The molecule has 0 radical (unpaired) electrons. The van der Waals surface area contributed by atoms with Gasteiger partial charge in [-0.3, -0.25) is 4.98 Å². The molecule has 2 aromatic heterocycles. The number of pyridine rings is 2. The number of anilines is 1. The largest absolute Gasteiger partial charge is 0.481 e. The van der Waals surface area contributed by atoms with E-state index in [9.17, 15) is 0 Å². The van der Waals surface area contributed by atoms with Gasteiger partial charge in [0.15, 0.2) is 0 Å². The third-order valence-electron chi connectivity index (χ3n) is 5.93. The molecular formula is C27H43N3O. The summed E-state index contributed by atoms with van der Waals surface area (Å²) in [5.41, 5.74) is 2.97. The van der Waals surface area contributed by atoms with Crippen LogP contribution in [0.2, 0.25) is 0 Å². The fourth-order valence-electron chi connectivity index (χ4n) is 4.11. The molecule has 1 N–H and O–H groups in total. The molecule has 0 aliphatic rings. The Bertz CT molecular complexity index is 719. The van der Waals surface area contributed by atoms with Crippen molar-refractivity contribution >= 4 is 5.69 Å². The van der Waals surface area contributed by atoms with Gasteiger partial charge in [-0.25, -0.2) is 4.98 Å². The molecule has 0 aliphatic heterocycles. The molecule has 0 aliphatic carbocycles. The van der Waals surface area contributed by atoms with Gasteiger partial charge in [0.05, 0.1) is 18.4 Å². The molecular weight excluding hydrogens is 382 g/mol. The van der Waals surface area contributed by atoms with Gasteiger partial charge in [0.25, 0.3) is 0 Å². The molecule has 172 valence electrons. The molecule has 2 aromatic rings. The maximum atomic E-state index is 5.43. The predicted molar refractivity (Wildman–Crippen MR) is 133 cm³/mol. The van der Waals surface area contributed by atoms with Crippen molar-refractivity contribution in [3.63, 3.8) is 0 Å². The minimum absolute atomic E-state index is 0.527. The third kappa shape index (κ3) is 9.71. The predicted octanol–water partition coefficient (Wildman–Crippen LogP) is 8.04. The van der Waals surface area contributed by atoms with Crippen LogP contribution in [0.15, 0.2) is 36.7 Å². The van der Waals surface area contributed by atoms with E-state index in [1.165, 1.54) is 83.5 Å². The third-order valence-corrected chi connectivity index (χ3v) is 5.93. The Hall–Kier alpha value is -2.10. The van der Waals surface area contributed by atoms with Gasteiger partial charge in [-0.1, -0.05) is 84.5 Å². The van der Waals surface area contributed by atoms with Crippen molar-refractivity contribution < 1.29 is 4.74 Å². The molecule has 4 nitrogen and oxygen atoms in total. The summed E-state index contributed by atoms with van der Waals surface area (Å²) in [7, 11) is 1.66. The molecule has 0 amide bonds. The summed E-state index contributed by atoms with van der Waals surface area (Å²) in [6, 6.07) is 8.68. The number of nitrogens with one attached hydrogen (secondary N) is 1. The molecule has 2 heterocycles. The summed E-state index contributed by atoms with van der Waals surface area (Å²) in [5, 5.41) is 3.82. The first kappa shape index (κ1) is 25.2. The number of unbranched alkanes of at least 4 members (excludes halogenated alkanes) is 9. The van der Waals surface area contributed by atoms with Crippen LogP contribution in [-0.2, 0) is 0 Å². The molecule has 0 spiro atoms. The molecule has 0 bridgehead atoms. The molecule has 1 unspecified atom stereocenters. The van der Waals surface area contributed by atoms with E-state index in [-0.39, 0.29) is 0 Å². The summed E-state index contributed by atoms with van der Waals surface area (Å²) in [6.45, 7) is 4.56. The molecule has 0 aromatic carbocycles. The van der Waals surface area contributed by atoms with Crippen LogP contribution >= 0.6 is 0 Å². The summed E-state index contributed by atoms with van der Waals surface area (Å²) in [5.74, 6) is 0.617. The highest BCUT2D eigenvalue weighted by Crippen LogP contribution is 2.28. The van der Waals surface area contributed by atoms with Crippen molar-refractivity contribution in [1.29, 1.82) is 0 Å². The van der Waals surface area contributed by atoms with Crippen molar-refractivity contribution in [2.24, 2.45) is 0 Å². The van der Waals surface area contributed by atoms with Crippen molar-refractivity contribution in [1.82, 2.24) is 9.97 Å². The molecule has 31 heavy (non-hydrogen) atoms. The highest BCUT2D eigenvalue weighted by molar-refractivity contribution is 5.68. The number of methoxy groups -OCH3 is 1. The van der Waals surface area contributed by atoms with Crippen LogP contribution in [0, 0.1) is 0 Å². The van der Waals surface area contributed by atoms with Crippen molar-refractivity contribution in [2.45, 2.75) is 103 Å². The number of nitrogens with zero attached hydrogens (tertiary/aromatic N) is 2. The Kier molecular flexibility index (Phi) is 12.7. The Balaban J connectivity index is 1.97. The maximum absolute atomic E-state index is 5.43. The van der Waals surface area contributed by atoms with Gasteiger partial charge in [0, 0.05) is 24.1 Å². The van der Waals surface area contributed by atoms with E-state index in [1.807, 2.05) is 18.3 Å². The molecule has 0 fully saturated rings. The summed E-state index contributed by atoms with van der Waals surface area (Å²) in [6.07, 6.45) is 20.9. The van der Waals surface area contributed by atoms with E-state index >= 15 is 0 Å². The normalized spacial score (nSPS) is 12.0. The summed E-state index contributed by atoms with van der Waals surface area (Å²) in [4.78, 5) is 8.88. The van der Waals surface area contributed by atoms with Crippen LogP contribution < -0.4 is 10.1 Å². The smallest absolute Gasteiger partial charge is 0.222 e. The highest BCUT2D eigenvalue weighted by atomic mass is 16.5. The Morgan fingerprint density at radius 1 is 0.806 bits per heavy atom. The fraction of sp³-hybridized carbons (Fsp3) is 0.630. The van der Waals surface area contributed by atoms with Crippen LogP contribution in [0.4, 0.5) is 5.69 Å². The van der Waals surface area contributed by atoms with Gasteiger partial charge in [-0.15, -0.1) is 0 Å². The van der Waals surface area contributed by atoms with E-state index in [0.29, 0.717) is 11.9 Å². The highest BCUT2D eigenvalue weighted by Gasteiger charge is 2.12. The zero-order chi connectivity index (χ0) is 22.2. The Morgan fingerprint density at radius 3 is 2.10 bits per heavy atom. The number of aromatic nitrogens is 2. The zero-order valence-electron chi connectivity index (χ0n) is 20.0. The van der Waals surface area contributed by atoms with Gasteiger partial charge in [0.1, 0.15) is 0 Å². The second kappa shape index (κ2) is 15.7. The van der Waals surface area contributed by atoms with E-state index < -0.39 is 0 Å². The van der Waals surface area contributed by atoms with Crippen molar-refractivity contribution in [3.05, 3.63) is 36.7 Å². The van der Waals surface area contributed by atoms with Gasteiger partial charge in [-0.2, -0.15) is 0 Å². The molecule has 0 saturated heterocycles. The fourth-order valence-corrected chi connectivity index (χ4v) is 4.11. The topological polar surface area (TPSA) is 47.0 Å². The lowest BCUT2D eigenvalue weighted by molar-refractivity contribution is 0.399. The minimum atomic E-state index is 0.527. The second-order valence-electron chi connectivity index (χ2n) is 8.59. The van der Waals surface area contributed by atoms with Gasteiger partial charge < -0.3 is 10.1 Å². The number of hydrogen-bond donors (Lipinski definition) is 1. The van der Waals surface area contributed by atoms with Crippen molar-refractivity contribution in [2.75, 3.05) is 12.4 Å². The van der Waals surface area contributed by atoms with E-state index in [0.717, 1.165) is 16.9 Å². The van der Waals surface area contributed by atoms with Gasteiger partial charge >= 0.3 is 0 Å². The van der Waals surface area contributed by atoms with Crippen LogP contribution in [-0.4, -0.2) is 23.1 Å². The van der Waals surface area contributed by atoms with Crippen LogP contribution in [0.3, 0.4) is 0 Å². The van der Waals surface area contributed by atoms with Crippen LogP contribution in [0.1, 0.15) is 97.3 Å². The van der Waals surface area contributed by atoms with Gasteiger partial charge in [-0.05, 0) is 37.1 Å². The lowest BCUT2D eigenvalue weighted by Crippen LogP contribution is -2.19. The van der Waals surface area contributed by atoms with E-state index in [4.69, 9.17) is 4.74 Å². The minimum Gasteiger partial charge on any atom is -0.481 e.